The van der Waals surface area contributed by atoms with Gasteiger partial charge in [0.25, 0.3) is 0 Å². The van der Waals surface area contributed by atoms with Crippen LogP contribution in [0.2, 0.25) is 0 Å². The molecule has 0 aliphatic heterocycles. The summed E-state index contributed by atoms with van der Waals surface area (Å²) in [6.07, 6.45) is 3.05. The summed E-state index contributed by atoms with van der Waals surface area (Å²) in [4.78, 5) is 8.01. The summed E-state index contributed by atoms with van der Waals surface area (Å²) in [5.41, 5.74) is 7.33. The number of nitrogen functional groups attached to an aromatic ring is 1. The molecule has 2 aromatic rings. The monoisotopic (exact) mass is 243 g/mol. The van der Waals surface area contributed by atoms with Crippen LogP contribution in [0.4, 0.5) is 5.69 Å². The van der Waals surface area contributed by atoms with E-state index < -0.39 is 0 Å². The Morgan fingerprint density at radius 3 is 2.39 bits per heavy atom. The topological polar surface area (TPSA) is 61.0 Å². The Hall–Kier alpha value is -2.10. The molecule has 0 aliphatic rings. The highest BCUT2D eigenvalue weighted by Crippen LogP contribution is 2.27. The zero-order valence-electron chi connectivity index (χ0n) is 10.8. The van der Waals surface area contributed by atoms with Crippen molar-refractivity contribution in [2.45, 2.75) is 26.2 Å². The van der Waals surface area contributed by atoms with E-state index in [1.807, 2.05) is 18.2 Å². The zero-order chi connectivity index (χ0) is 13.2. The molecular formula is C14H17N3O. The standard InChI is InChI=1S/C14H17N3O/c1-14(2,3)10-5-4-6-12(7-10)18-13-16-8-11(15)9-17-13/h4-9H,15H2,1-3H3. The number of hydrogen-bond acceptors (Lipinski definition) is 4. The molecule has 1 aromatic carbocycles. The Balaban J connectivity index is 2.22. The molecule has 18 heavy (non-hydrogen) atoms. The number of aromatic nitrogens is 2. The van der Waals surface area contributed by atoms with E-state index in [1.165, 1.54) is 18.0 Å². The van der Waals surface area contributed by atoms with Gasteiger partial charge in [-0.15, -0.1) is 0 Å². The molecule has 0 spiro atoms. The van der Waals surface area contributed by atoms with E-state index in [2.05, 4.69) is 36.8 Å². The van der Waals surface area contributed by atoms with Crippen molar-refractivity contribution < 1.29 is 4.74 Å². The fraction of sp³-hybridized carbons (Fsp3) is 0.286. The lowest BCUT2D eigenvalue weighted by Crippen LogP contribution is -2.10. The van der Waals surface area contributed by atoms with Crippen molar-refractivity contribution in [2.24, 2.45) is 0 Å². The van der Waals surface area contributed by atoms with Crippen LogP contribution in [0, 0.1) is 0 Å². The fourth-order valence-electron chi connectivity index (χ4n) is 1.51. The number of anilines is 1. The van der Waals surface area contributed by atoms with Crippen molar-refractivity contribution in [3.63, 3.8) is 0 Å². The molecule has 0 atom stereocenters. The molecule has 0 saturated heterocycles. The molecule has 1 aromatic heterocycles. The van der Waals surface area contributed by atoms with Gasteiger partial charge in [-0.25, -0.2) is 9.97 Å². The van der Waals surface area contributed by atoms with Crippen LogP contribution in [0.3, 0.4) is 0 Å². The maximum Gasteiger partial charge on any atom is 0.322 e. The first kappa shape index (κ1) is 12.4. The Labute approximate surface area is 107 Å². The first-order chi connectivity index (χ1) is 8.45. The second-order valence-corrected chi connectivity index (χ2v) is 5.18. The zero-order valence-corrected chi connectivity index (χ0v) is 10.8. The maximum atomic E-state index is 5.59. The Morgan fingerprint density at radius 2 is 1.78 bits per heavy atom. The minimum absolute atomic E-state index is 0.0847. The summed E-state index contributed by atoms with van der Waals surface area (Å²) in [7, 11) is 0. The number of nitrogens with zero attached hydrogens (tertiary/aromatic N) is 2. The predicted molar refractivity (Wildman–Crippen MR) is 71.7 cm³/mol. The summed E-state index contributed by atoms with van der Waals surface area (Å²) < 4.78 is 5.59. The number of nitrogens with two attached hydrogens (primary N) is 1. The van der Waals surface area contributed by atoms with Gasteiger partial charge in [0.05, 0.1) is 18.1 Å². The van der Waals surface area contributed by atoms with Gasteiger partial charge in [-0.2, -0.15) is 0 Å². The molecule has 0 radical (unpaired) electrons. The van der Waals surface area contributed by atoms with E-state index >= 15 is 0 Å². The smallest absolute Gasteiger partial charge is 0.322 e. The van der Waals surface area contributed by atoms with Crippen LogP contribution >= 0.6 is 0 Å². The largest absolute Gasteiger partial charge is 0.424 e. The minimum atomic E-state index is 0.0847. The van der Waals surface area contributed by atoms with Crippen molar-refractivity contribution in [3.8, 4) is 11.8 Å². The van der Waals surface area contributed by atoms with Crippen LogP contribution in [0.15, 0.2) is 36.7 Å². The molecule has 0 amide bonds. The molecule has 2 rings (SSSR count). The third-order valence-electron chi connectivity index (χ3n) is 2.56. The molecule has 0 unspecified atom stereocenters. The molecule has 4 heteroatoms. The quantitative estimate of drug-likeness (QED) is 0.880. The first-order valence-electron chi connectivity index (χ1n) is 5.81. The molecule has 0 bridgehead atoms. The molecule has 0 aliphatic carbocycles. The van der Waals surface area contributed by atoms with Crippen LogP contribution < -0.4 is 10.5 Å². The molecule has 4 nitrogen and oxygen atoms in total. The summed E-state index contributed by atoms with van der Waals surface area (Å²) in [5.74, 6) is 0.729. The molecule has 0 fully saturated rings. The Kier molecular flexibility index (Phi) is 3.19. The highest BCUT2D eigenvalue weighted by molar-refractivity contribution is 5.35. The van der Waals surface area contributed by atoms with E-state index in [1.54, 1.807) is 0 Å². The number of ether oxygens (including phenoxy) is 1. The van der Waals surface area contributed by atoms with Gasteiger partial charge in [-0.05, 0) is 23.1 Å². The van der Waals surface area contributed by atoms with Crippen LogP contribution in [-0.4, -0.2) is 9.97 Å². The van der Waals surface area contributed by atoms with E-state index in [0.29, 0.717) is 11.7 Å². The maximum absolute atomic E-state index is 5.59. The Morgan fingerprint density at radius 1 is 1.11 bits per heavy atom. The van der Waals surface area contributed by atoms with Gasteiger partial charge in [0.2, 0.25) is 0 Å². The van der Waals surface area contributed by atoms with Crippen molar-refractivity contribution in [1.29, 1.82) is 0 Å². The normalized spacial score (nSPS) is 11.3. The van der Waals surface area contributed by atoms with Gasteiger partial charge in [0.15, 0.2) is 0 Å². The minimum Gasteiger partial charge on any atom is -0.424 e. The summed E-state index contributed by atoms with van der Waals surface area (Å²) in [6, 6.07) is 8.23. The molecule has 94 valence electrons. The van der Waals surface area contributed by atoms with Gasteiger partial charge in [-0.1, -0.05) is 32.9 Å². The lowest BCUT2D eigenvalue weighted by atomic mass is 9.87. The highest BCUT2D eigenvalue weighted by Gasteiger charge is 2.14. The van der Waals surface area contributed by atoms with Gasteiger partial charge in [0.1, 0.15) is 5.75 Å². The third kappa shape index (κ3) is 2.97. The fourth-order valence-corrected chi connectivity index (χ4v) is 1.51. The van der Waals surface area contributed by atoms with Gasteiger partial charge >= 0.3 is 6.01 Å². The first-order valence-corrected chi connectivity index (χ1v) is 5.81. The number of rotatable bonds is 2. The lowest BCUT2D eigenvalue weighted by Gasteiger charge is -2.19. The van der Waals surface area contributed by atoms with Gasteiger partial charge in [0, 0.05) is 0 Å². The molecule has 0 saturated carbocycles. The van der Waals surface area contributed by atoms with Crippen molar-refractivity contribution in [3.05, 3.63) is 42.2 Å². The number of hydrogen-bond donors (Lipinski definition) is 1. The van der Waals surface area contributed by atoms with Crippen molar-refractivity contribution in [1.82, 2.24) is 9.97 Å². The second-order valence-electron chi connectivity index (χ2n) is 5.18. The number of benzene rings is 1. The van der Waals surface area contributed by atoms with Crippen molar-refractivity contribution >= 4 is 5.69 Å². The SMILES string of the molecule is CC(C)(C)c1cccc(Oc2ncc(N)cn2)c1. The second kappa shape index (κ2) is 4.64. The molecular weight excluding hydrogens is 226 g/mol. The highest BCUT2D eigenvalue weighted by atomic mass is 16.5. The van der Waals surface area contributed by atoms with Gasteiger partial charge in [-0.3, -0.25) is 0 Å². The van der Waals surface area contributed by atoms with E-state index in [9.17, 15) is 0 Å². The van der Waals surface area contributed by atoms with Crippen LogP contribution in [-0.2, 0) is 5.41 Å². The predicted octanol–water partition coefficient (Wildman–Crippen LogP) is 3.15. The summed E-state index contributed by atoms with van der Waals surface area (Å²) in [5, 5.41) is 0. The average Bonchev–Trinajstić information content (AvgIpc) is 2.31. The van der Waals surface area contributed by atoms with E-state index in [-0.39, 0.29) is 5.41 Å². The molecule has 1 heterocycles. The van der Waals surface area contributed by atoms with Gasteiger partial charge < -0.3 is 10.5 Å². The summed E-state index contributed by atoms with van der Waals surface area (Å²) >= 11 is 0. The van der Waals surface area contributed by atoms with E-state index in [0.717, 1.165) is 5.75 Å². The summed E-state index contributed by atoms with van der Waals surface area (Å²) in [6.45, 7) is 6.48. The Bertz CT molecular complexity index is 529. The third-order valence-corrected chi connectivity index (χ3v) is 2.56. The van der Waals surface area contributed by atoms with Crippen LogP contribution in [0.1, 0.15) is 26.3 Å². The van der Waals surface area contributed by atoms with Crippen LogP contribution in [0.25, 0.3) is 0 Å². The average molecular weight is 243 g/mol. The van der Waals surface area contributed by atoms with Crippen molar-refractivity contribution in [2.75, 3.05) is 5.73 Å². The van der Waals surface area contributed by atoms with E-state index in [4.69, 9.17) is 10.5 Å². The lowest BCUT2D eigenvalue weighted by molar-refractivity contribution is 0.439. The van der Waals surface area contributed by atoms with Crippen LogP contribution in [0.5, 0.6) is 11.8 Å². The molecule has 2 N–H and O–H groups in total.